The molecule has 0 amide bonds. The molecule has 1 aliphatic carbocycles. The van der Waals surface area contributed by atoms with Crippen LogP contribution in [0.1, 0.15) is 33.5 Å². The fourth-order valence-electron chi connectivity index (χ4n) is 1.13. The van der Waals surface area contributed by atoms with Gasteiger partial charge in [-0.1, -0.05) is 19.3 Å². The van der Waals surface area contributed by atoms with Crippen LogP contribution in [0.3, 0.4) is 0 Å². The Balaban J connectivity index is 0.000000490. The average Bonchev–Trinajstić information content (AvgIpc) is 1.69. The van der Waals surface area contributed by atoms with Crippen molar-refractivity contribution in [3.63, 3.8) is 0 Å². The average molecular weight is 101 g/mol. The van der Waals surface area contributed by atoms with Crippen LogP contribution in [0.2, 0.25) is 0 Å². The van der Waals surface area contributed by atoms with Gasteiger partial charge in [0.2, 0.25) is 0 Å². The first-order valence-corrected chi connectivity index (χ1v) is 3.15. The Morgan fingerprint density at radius 2 is 1.71 bits per heavy atom. The number of hydrogen-bond acceptors (Lipinski definition) is 1. The Hall–Kier alpha value is -0.0400. The third-order valence-electron chi connectivity index (χ3n) is 1.65. The second kappa shape index (κ2) is 2.31. The fraction of sp³-hybridized carbons (Fsp3) is 1.00. The number of hydrogen-bond donors (Lipinski definition) is 1. The largest absolute Gasteiger partial charge is 0.328 e. The smallest absolute Gasteiger partial charge is 0.00388 e. The predicted molar refractivity (Wildman–Crippen MR) is 33.2 cm³/mol. The van der Waals surface area contributed by atoms with E-state index in [1.54, 1.807) is 0 Å². The normalized spacial score (nSPS) is 25.3. The zero-order chi connectivity index (χ0) is 5.11. The molecule has 44 valence electrons. The van der Waals surface area contributed by atoms with E-state index >= 15 is 0 Å². The van der Waals surface area contributed by atoms with Gasteiger partial charge in [0.25, 0.3) is 0 Å². The lowest BCUT2D eigenvalue weighted by Gasteiger charge is -2.15. The molecule has 0 aromatic rings. The Bertz CT molecular complexity index is 50.5. The second-order valence-corrected chi connectivity index (χ2v) is 2.40. The van der Waals surface area contributed by atoms with Crippen molar-refractivity contribution in [3.8, 4) is 0 Å². The summed E-state index contributed by atoms with van der Waals surface area (Å²) >= 11 is 0. The first-order chi connectivity index (χ1) is 3.39. The summed E-state index contributed by atoms with van der Waals surface area (Å²) in [5.74, 6) is 0. The van der Waals surface area contributed by atoms with Gasteiger partial charge in [0.15, 0.2) is 0 Å². The molecule has 0 spiro atoms. The first kappa shape index (κ1) is 5.10. The summed E-state index contributed by atoms with van der Waals surface area (Å²) in [5.41, 5.74) is 5.63. The van der Waals surface area contributed by atoms with E-state index in [0.29, 0.717) is 6.04 Å². The molecular formula is C6H15N. The van der Waals surface area contributed by atoms with E-state index < -0.39 is 0 Å². The summed E-state index contributed by atoms with van der Waals surface area (Å²) in [6.07, 6.45) is 6.66. The fourth-order valence-corrected chi connectivity index (χ4v) is 1.13. The molecular weight excluding hydrogens is 86.1 g/mol. The van der Waals surface area contributed by atoms with Crippen molar-refractivity contribution in [1.82, 2.24) is 0 Å². The van der Waals surface area contributed by atoms with E-state index in [9.17, 15) is 0 Å². The predicted octanol–water partition coefficient (Wildman–Crippen LogP) is 1.52. The highest BCUT2D eigenvalue weighted by atomic mass is 14.6. The van der Waals surface area contributed by atoms with E-state index in [1.165, 1.54) is 32.1 Å². The maximum Gasteiger partial charge on any atom is 0.00388 e. The Morgan fingerprint density at radius 1 is 1.14 bits per heavy atom. The van der Waals surface area contributed by atoms with E-state index in [2.05, 4.69) is 0 Å². The van der Waals surface area contributed by atoms with Gasteiger partial charge in [-0.25, -0.2) is 0 Å². The molecule has 1 fully saturated rings. The second-order valence-electron chi connectivity index (χ2n) is 2.40. The zero-order valence-electron chi connectivity index (χ0n) is 4.69. The van der Waals surface area contributed by atoms with E-state index in [0.717, 1.165) is 0 Å². The maximum absolute atomic E-state index is 5.63. The summed E-state index contributed by atoms with van der Waals surface area (Å²) < 4.78 is 0. The van der Waals surface area contributed by atoms with Crippen LogP contribution in [-0.2, 0) is 0 Å². The van der Waals surface area contributed by atoms with Crippen LogP contribution in [0, 0.1) is 0 Å². The molecule has 0 aromatic carbocycles. The van der Waals surface area contributed by atoms with Gasteiger partial charge in [0.05, 0.1) is 0 Å². The third-order valence-corrected chi connectivity index (χ3v) is 1.65. The van der Waals surface area contributed by atoms with Crippen LogP contribution >= 0.6 is 0 Å². The highest BCUT2D eigenvalue weighted by molar-refractivity contribution is 4.66. The van der Waals surface area contributed by atoms with Gasteiger partial charge >= 0.3 is 0 Å². The van der Waals surface area contributed by atoms with Gasteiger partial charge in [-0.05, 0) is 12.8 Å². The lowest BCUT2D eigenvalue weighted by atomic mass is 9.97. The number of nitrogens with two attached hydrogens (primary N) is 1. The quantitative estimate of drug-likeness (QED) is 0.492. The molecule has 2 N–H and O–H groups in total. The summed E-state index contributed by atoms with van der Waals surface area (Å²) in [5, 5.41) is 0. The van der Waals surface area contributed by atoms with Gasteiger partial charge in [0.1, 0.15) is 0 Å². The molecule has 0 bridgehead atoms. The molecule has 1 rings (SSSR count). The minimum Gasteiger partial charge on any atom is -0.328 e. The molecule has 0 saturated heterocycles. The van der Waals surface area contributed by atoms with Gasteiger partial charge in [-0.15, -0.1) is 0 Å². The van der Waals surface area contributed by atoms with Gasteiger partial charge in [-0.2, -0.15) is 0 Å². The van der Waals surface area contributed by atoms with Crippen molar-refractivity contribution >= 4 is 0 Å². The highest BCUT2D eigenvalue weighted by Crippen LogP contribution is 2.14. The molecule has 0 radical (unpaired) electrons. The lowest BCUT2D eigenvalue weighted by Crippen LogP contribution is -2.22. The highest BCUT2D eigenvalue weighted by Gasteiger charge is 2.06. The van der Waals surface area contributed by atoms with Crippen molar-refractivity contribution in [2.45, 2.75) is 38.1 Å². The van der Waals surface area contributed by atoms with Crippen LogP contribution in [-0.4, -0.2) is 6.04 Å². The summed E-state index contributed by atoms with van der Waals surface area (Å²) in [4.78, 5) is 0. The molecule has 0 aromatic heterocycles. The van der Waals surface area contributed by atoms with Crippen molar-refractivity contribution < 1.29 is 1.43 Å². The van der Waals surface area contributed by atoms with Crippen LogP contribution in [0.25, 0.3) is 0 Å². The van der Waals surface area contributed by atoms with Crippen LogP contribution in [0.15, 0.2) is 0 Å². The van der Waals surface area contributed by atoms with Crippen LogP contribution in [0.5, 0.6) is 0 Å². The monoisotopic (exact) mass is 101 g/mol. The van der Waals surface area contributed by atoms with Crippen molar-refractivity contribution in [1.29, 1.82) is 0 Å². The Kier molecular flexibility index (Phi) is 1.69. The van der Waals surface area contributed by atoms with Gasteiger partial charge in [0, 0.05) is 7.47 Å². The topological polar surface area (TPSA) is 26.0 Å². The van der Waals surface area contributed by atoms with Gasteiger partial charge in [-0.3, -0.25) is 0 Å². The molecule has 7 heavy (non-hydrogen) atoms. The van der Waals surface area contributed by atoms with E-state index in [-0.39, 0.29) is 1.43 Å². The van der Waals surface area contributed by atoms with E-state index in [1.807, 2.05) is 0 Å². The van der Waals surface area contributed by atoms with Crippen molar-refractivity contribution in [2.75, 3.05) is 0 Å². The molecule has 1 aliphatic rings. The van der Waals surface area contributed by atoms with Crippen molar-refractivity contribution in [2.24, 2.45) is 5.73 Å². The summed E-state index contributed by atoms with van der Waals surface area (Å²) in [6, 6.07) is 0.536. The van der Waals surface area contributed by atoms with Crippen LogP contribution < -0.4 is 5.73 Å². The molecule has 1 nitrogen and oxygen atoms in total. The van der Waals surface area contributed by atoms with Crippen molar-refractivity contribution in [3.05, 3.63) is 0 Å². The molecule has 0 unspecified atom stereocenters. The van der Waals surface area contributed by atoms with Crippen LogP contribution in [0.4, 0.5) is 0 Å². The van der Waals surface area contributed by atoms with Gasteiger partial charge < -0.3 is 5.73 Å². The minimum atomic E-state index is 0. The molecule has 0 aliphatic heterocycles. The van der Waals surface area contributed by atoms with E-state index in [4.69, 9.17) is 5.73 Å². The Morgan fingerprint density at radius 3 is 2.00 bits per heavy atom. The Labute approximate surface area is 46.4 Å². The standard InChI is InChI=1S/C6H13N.H2/c7-6-4-2-1-3-5-6;/h6H,1-5,7H2;1H. The maximum atomic E-state index is 5.63. The molecule has 0 atom stereocenters. The lowest BCUT2D eigenvalue weighted by molar-refractivity contribution is 0.441. The SMILES string of the molecule is NC1CCCCC1.[HH]. The first-order valence-electron chi connectivity index (χ1n) is 3.15. The molecule has 1 heteroatoms. The third kappa shape index (κ3) is 1.48. The summed E-state index contributed by atoms with van der Waals surface area (Å²) in [7, 11) is 0. The minimum absolute atomic E-state index is 0. The number of rotatable bonds is 0. The zero-order valence-corrected chi connectivity index (χ0v) is 4.69. The summed E-state index contributed by atoms with van der Waals surface area (Å²) in [6.45, 7) is 0. The molecule has 0 heterocycles. The molecule has 1 saturated carbocycles.